The quantitative estimate of drug-likeness (QED) is 0.746. The normalized spacial score (nSPS) is 18.9. The summed E-state index contributed by atoms with van der Waals surface area (Å²) >= 11 is 7.11. The van der Waals surface area contributed by atoms with Crippen molar-refractivity contribution in [2.24, 2.45) is 5.92 Å². The smallest absolute Gasteiger partial charge is 0.0234 e. The number of benzene rings is 1. The molecule has 0 saturated carbocycles. The summed E-state index contributed by atoms with van der Waals surface area (Å²) in [4.78, 5) is 2.56. The van der Waals surface area contributed by atoms with E-state index in [4.69, 9.17) is 0 Å². The molecule has 1 aromatic carbocycles. The zero-order valence-electron chi connectivity index (χ0n) is 9.33. The summed E-state index contributed by atoms with van der Waals surface area (Å²) in [7, 11) is 0. The summed E-state index contributed by atoms with van der Waals surface area (Å²) in [6, 6.07) is 8.63. The fourth-order valence-electron chi connectivity index (χ4n) is 2.19. The van der Waals surface area contributed by atoms with E-state index in [2.05, 4.69) is 61.0 Å². The third-order valence-corrected chi connectivity index (χ3v) is 4.63. The Morgan fingerprint density at radius 2 is 2.00 bits per heavy atom. The van der Waals surface area contributed by atoms with Gasteiger partial charge >= 0.3 is 0 Å². The van der Waals surface area contributed by atoms with Crippen LogP contribution in [0.4, 0.5) is 0 Å². The largest absolute Gasteiger partial charge is 0.299 e. The Kier molecular flexibility index (Phi) is 4.86. The van der Waals surface area contributed by atoms with Gasteiger partial charge in [-0.25, -0.2) is 0 Å². The first kappa shape index (κ1) is 12.6. The van der Waals surface area contributed by atoms with Gasteiger partial charge in [0.15, 0.2) is 0 Å². The monoisotopic (exact) mass is 345 g/mol. The second-order valence-corrected chi connectivity index (χ2v) is 6.07. The molecule has 0 amide bonds. The van der Waals surface area contributed by atoms with Crippen LogP contribution < -0.4 is 0 Å². The molecule has 0 aromatic heterocycles. The predicted octanol–water partition coefficient (Wildman–Crippen LogP) is 4.06. The van der Waals surface area contributed by atoms with Crippen LogP contribution in [0.1, 0.15) is 18.4 Å². The number of hydrogen-bond acceptors (Lipinski definition) is 1. The lowest BCUT2D eigenvalue weighted by Crippen LogP contribution is -2.33. The van der Waals surface area contributed by atoms with Crippen molar-refractivity contribution in [1.29, 1.82) is 0 Å². The minimum Gasteiger partial charge on any atom is -0.299 e. The van der Waals surface area contributed by atoms with E-state index < -0.39 is 0 Å². The topological polar surface area (TPSA) is 3.24 Å². The molecule has 3 heteroatoms. The molecule has 1 saturated heterocycles. The van der Waals surface area contributed by atoms with Crippen LogP contribution in [0.15, 0.2) is 28.7 Å². The molecular weight excluding hydrogens is 330 g/mol. The maximum absolute atomic E-state index is 3.58. The van der Waals surface area contributed by atoms with Gasteiger partial charge in [0, 0.05) is 16.3 Å². The molecule has 16 heavy (non-hydrogen) atoms. The molecule has 0 unspecified atom stereocenters. The molecule has 1 heterocycles. The summed E-state index contributed by atoms with van der Waals surface area (Å²) in [5, 5.41) is 1.16. The van der Waals surface area contributed by atoms with Crippen LogP contribution in [0.3, 0.4) is 0 Å². The summed E-state index contributed by atoms with van der Waals surface area (Å²) in [6.45, 7) is 3.57. The van der Waals surface area contributed by atoms with Gasteiger partial charge in [-0.1, -0.05) is 44.0 Å². The zero-order chi connectivity index (χ0) is 11.4. The molecule has 0 radical (unpaired) electrons. The molecule has 1 aliphatic rings. The SMILES string of the molecule is BrCC1CCN(Cc2cccc(Br)c2)CC1. The molecule has 2 rings (SSSR count). The molecule has 1 nitrogen and oxygen atoms in total. The first-order valence-electron chi connectivity index (χ1n) is 5.80. The van der Waals surface area contributed by atoms with E-state index in [9.17, 15) is 0 Å². The van der Waals surface area contributed by atoms with E-state index in [1.165, 1.54) is 36.0 Å². The van der Waals surface area contributed by atoms with E-state index in [0.717, 1.165) is 17.8 Å². The summed E-state index contributed by atoms with van der Waals surface area (Å²) in [5.74, 6) is 0.888. The van der Waals surface area contributed by atoms with Gasteiger partial charge in [0.25, 0.3) is 0 Å². The van der Waals surface area contributed by atoms with Crippen molar-refractivity contribution < 1.29 is 0 Å². The van der Waals surface area contributed by atoms with Crippen molar-refractivity contribution in [1.82, 2.24) is 4.90 Å². The molecule has 1 aliphatic heterocycles. The number of alkyl halides is 1. The lowest BCUT2D eigenvalue weighted by atomic mass is 9.99. The lowest BCUT2D eigenvalue weighted by molar-refractivity contribution is 0.187. The molecule has 0 N–H and O–H groups in total. The highest BCUT2D eigenvalue weighted by Crippen LogP contribution is 2.21. The van der Waals surface area contributed by atoms with Crippen LogP contribution >= 0.6 is 31.9 Å². The molecular formula is C13H17Br2N. The van der Waals surface area contributed by atoms with Crippen LogP contribution in [0.5, 0.6) is 0 Å². The minimum atomic E-state index is 0.888. The Hall–Kier alpha value is 0.140. The van der Waals surface area contributed by atoms with Crippen LogP contribution in [-0.4, -0.2) is 23.3 Å². The third-order valence-electron chi connectivity index (χ3n) is 3.22. The first-order valence-corrected chi connectivity index (χ1v) is 7.72. The Morgan fingerprint density at radius 3 is 2.62 bits per heavy atom. The van der Waals surface area contributed by atoms with Crippen molar-refractivity contribution >= 4 is 31.9 Å². The Morgan fingerprint density at radius 1 is 1.25 bits per heavy atom. The number of nitrogens with zero attached hydrogens (tertiary/aromatic N) is 1. The van der Waals surface area contributed by atoms with E-state index in [0.29, 0.717) is 0 Å². The molecule has 1 fully saturated rings. The van der Waals surface area contributed by atoms with Gasteiger partial charge in [-0.3, -0.25) is 4.90 Å². The van der Waals surface area contributed by atoms with Crippen LogP contribution in [0, 0.1) is 5.92 Å². The van der Waals surface area contributed by atoms with Crippen molar-refractivity contribution in [3.05, 3.63) is 34.3 Å². The lowest BCUT2D eigenvalue weighted by Gasteiger charge is -2.31. The van der Waals surface area contributed by atoms with Gasteiger partial charge in [0.1, 0.15) is 0 Å². The number of piperidine rings is 1. The molecule has 0 bridgehead atoms. The molecule has 1 aromatic rings. The van der Waals surface area contributed by atoms with E-state index >= 15 is 0 Å². The molecule has 88 valence electrons. The fraction of sp³-hybridized carbons (Fsp3) is 0.538. The van der Waals surface area contributed by atoms with Gasteiger partial charge in [0.2, 0.25) is 0 Å². The average molecular weight is 347 g/mol. The first-order chi connectivity index (χ1) is 7.78. The van der Waals surface area contributed by atoms with Gasteiger partial charge in [-0.05, 0) is 49.5 Å². The second kappa shape index (κ2) is 6.18. The summed E-state index contributed by atoms with van der Waals surface area (Å²) in [6.07, 6.45) is 2.67. The standard InChI is InChI=1S/C13H17Br2N/c14-9-11-4-6-16(7-5-11)10-12-2-1-3-13(15)8-12/h1-3,8,11H,4-7,9-10H2. The summed E-state index contributed by atoms with van der Waals surface area (Å²) < 4.78 is 1.18. The number of rotatable bonds is 3. The number of halogens is 2. The van der Waals surface area contributed by atoms with Crippen molar-refractivity contribution in [2.75, 3.05) is 18.4 Å². The highest BCUT2D eigenvalue weighted by molar-refractivity contribution is 9.10. The molecule has 0 spiro atoms. The van der Waals surface area contributed by atoms with Gasteiger partial charge in [0.05, 0.1) is 0 Å². The van der Waals surface area contributed by atoms with E-state index in [1.54, 1.807) is 0 Å². The number of likely N-dealkylation sites (tertiary alicyclic amines) is 1. The fourth-order valence-corrected chi connectivity index (χ4v) is 3.29. The van der Waals surface area contributed by atoms with Crippen molar-refractivity contribution in [2.45, 2.75) is 19.4 Å². The van der Waals surface area contributed by atoms with Crippen LogP contribution in [-0.2, 0) is 6.54 Å². The number of hydrogen-bond donors (Lipinski definition) is 0. The van der Waals surface area contributed by atoms with Gasteiger partial charge in [-0.15, -0.1) is 0 Å². The Balaban J connectivity index is 1.87. The zero-order valence-corrected chi connectivity index (χ0v) is 12.5. The van der Waals surface area contributed by atoms with Crippen LogP contribution in [0.2, 0.25) is 0 Å². The maximum Gasteiger partial charge on any atom is 0.0234 e. The van der Waals surface area contributed by atoms with E-state index in [1.807, 2.05) is 0 Å². The predicted molar refractivity (Wildman–Crippen MR) is 75.9 cm³/mol. The third kappa shape index (κ3) is 3.57. The van der Waals surface area contributed by atoms with Gasteiger partial charge in [-0.2, -0.15) is 0 Å². The summed E-state index contributed by atoms with van der Waals surface area (Å²) in [5.41, 5.74) is 1.41. The van der Waals surface area contributed by atoms with Crippen LogP contribution in [0.25, 0.3) is 0 Å². The van der Waals surface area contributed by atoms with Crippen molar-refractivity contribution in [3.63, 3.8) is 0 Å². The minimum absolute atomic E-state index is 0.888. The highest BCUT2D eigenvalue weighted by atomic mass is 79.9. The average Bonchev–Trinajstić information content (AvgIpc) is 2.30. The molecule has 0 atom stereocenters. The highest BCUT2D eigenvalue weighted by Gasteiger charge is 2.17. The van der Waals surface area contributed by atoms with Crippen molar-refractivity contribution in [3.8, 4) is 0 Å². The molecule has 0 aliphatic carbocycles. The maximum atomic E-state index is 3.58. The van der Waals surface area contributed by atoms with Gasteiger partial charge < -0.3 is 0 Å². The Bertz CT molecular complexity index is 332. The second-order valence-electron chi connectivity index (χ2n) is 4.50. The van der Waals surface area contributed by atoms with E-state index in [-0.39, 0.29) is 0 Å². The Labute approximate surface area is 114 Å².